The summed E-state index contributed by atoms with van der Waals surface area (Å²) in [5.41, 5.74) is 4.12. The first-order valence-electron chi connectivity index (χ1n) is 16.4. The molecule has 0 saturated carbocycles. The maximum atomic E-state index is 14.3. The number of benzene rings is 2. The van der Waals surface area contributed by atoms with Gasteiger partial charge in [0, 0.05) is 40.4 Å². The van der Waals surface area contributed by atoms with Gasteiger partial charge in [0.15, 0.2) is 6.29 Å². The third kappa shape index (κ3) is 14.7. The molecule has 6 amide bonds. The van der Waals surface area contributed by atoms with Crippen LogP contribution < -0.4 is 21.5 Å². The molecule has 2 aromatic rings. The molecule has 2 aromatic carbocycles. The fourth-order valence-electron chi connectivity index (χ4n) is 4.51. The minimum atomic E-state index is -2.37. The van der Waals surface area contributed by atoms with Gasteiger partial charge in [0.1, 0.15) is 12.2 Å². The maximum Gasteiger partial charge on any atom is 0.274 e. The van der Waals surface area contributed by atoms with Gasteiger partial charge in [-0.05, 0) is 162 Å². The van der Waals surface area contributed by atoms with Crippen molar-refractivity contribution in [1.29, 1.82) is 0 Å². The van der Waals surface area contributed by atoms with E-state index in [-0.39, 0.29) is 49.6 Å². The molecule has 0 spiro atoms. The van der Waals surface area contributed by atoms with Crippen LogP contribution in [0.4, 0.5) is 0 Å². The normalized spacial score (nSPS) is 13.8. The second-order valence-corrected chi connectivity index (χ2v) is 19.0. The van der Waals surface area contributed by atoms with Crippen molar-refractivity contribution in [3.05, 3.63) is 55.8 Å². The number of nitrogens with zero attached hydrogens (tertiary/aromatic N) is 2. The molecule has 0 aromatic heterocycles. The molecule has 0 aliphatic carbocycles. The SMILES string of the molecule is CC(O)C(=O)NN(CC(CN(NC(=O)C(C)O)C(=O)c1c(I)cc(I)c(C(=O)NCC(O)CO)c1I)C(O)O)C(=O)c1c(I)cc(I)c(C(=O)NCC(O)CO)c1I. The molecule has 0 heterocycles. The molecule has 4 atom stereocenters. The Kier molecular flexibility index (Phi) is 22.9. The summed E-state index contributed by atoms with van der Waals surface area (Å²) in [6.07, 6.45) is -8.29. The lowest BCUT2D eigenvalue weighted by atomic mass is 10.1. The molecule has 2 rings (SSSR count). The molecule has 26 heteroatoms. The number of halogens is 6. The van der Waals surface area contributed by atoms with Crippen LogP contribution in [-0.2, 0) is 9.59 Å². The monoisotopic (exact) mass is 1490 g/mol. The van der Waals surface area contributed by atoms with Crippen molar-refractivity contribution >= 4 is 171 Å². The minimum absolute atomic E-state index is 0.00684. The maximum absolute atomic E-state index is 14.3. The lowest BCUT2D eigenvalue weighted by molar-refractivity contribution is -0.137. The van der Waals surface area contributed by atoms with Crippen molar-refractivity contribution < 1.29 is 69.6 Å². The molecule has 0 aliphatic rings. The number of aliphatic hydroxyl groups excluding tert-OH is 7. The predicted molar refractivity (Wildman–Crippen MR) is 253 cm³/mol. The highest BCUT2D eigenvalue weighted by Crippen LogP contribution is 2.31. The Morgan fingerprint density at radius 1 is 0.569 bits per heavy atom. The summed E-state index contributed by atoms with van der Waals surface area (Å²) < 4.78 is 1.45. The van der Waals surface area contributed by atoms with Gasteiger partial charge < -0.3 is 51.5 Å². The molecular weight excluding hydrogens is 1450 g/mol. The number of hydrogen-bond acceptors (Lipinski definition) is 14. The first-order valence-corrected chi connectivity index (χ1v) is 22.9. The van der Waals surface area contributed by atoms with Crippen molar-refractivity contribution in [3.63, 3.8) is 0 Å². The summed E-state index contributed by atoms with van der Waals surface area (Å²) in [4.78, 5) is 80.7. The Morgan fingerprint density at radius 2 is 0.879 bits per heavy atom. The number of amides is 6. The smallest absolute Gasteiger partial charge is 0.274 e. The van der Waals surface area contributed by atoms with E-state index in [1.807, 2.05) is 90.4 Å². The molecule has 0 saturated heterocycles. The molecule has 0 radical (unpaired) electrons. The highest BCUT2D eigenvalue weighted by atomic mass is 127. The summed E-state index contributed by atoms with van der Waals surface area (Å²) in [7, 11) is 0. The van der Waals surface area contributed by atoms with Crippen molar-refractivity contribution in [2.24, 2.45) is 5.92 Å². The molecule has 20 nitrogen and oxygen atoms in total. The van der Waals surface area contributed by atoms with Gasteiger partial charge >= 0.3 is 0 Å². The summed E-state index contributed by atoms with van der Waals surface area (Å²) in [5, 5.41) is 85.3. The standard InChI is InChI=1S/C32H38I6N6O14/c1-11(47)26(51)41-43(30(55)22-18(35)3-16(33)20(24(22)37)28(53)39-5-14(49)9-45)7-13(32(57)58)8-44(42-27(52)12(2)48)31(56)23-19(36)4-17(34)21(25(23)38)29(54)40-6-15(50)10-46/h3-4,11-15,32,45-50,57-58H,5-10H2,1-2H3,(H,39,53)(H,40,54)(H,41,51)(H,42,52). The molecular formula is C32H38I6N6O14. The van der Waals surface area contributed by atoms with E-state index >= 15 is 0 Å². The average molecular weight is 1490 g/mol. The van der Waals surface area contributed by atoms with Crippen molar-refractivity contribution in [1.82, 2.24) is 31.5 Å². The zero-order valence-corrected chi connectivity index (χ0v) is 43.0. The zero-order valence-electron chi connectivity index (χ0n) is 30.1. The second kappa shape index (κ2) is 24.8. The van der Waals surface area contributed by atoms with Crippen molar-refractivity contribution in [2.45, 2.75) is 44.6 Å². The van der Waals surface area contributed by atoms with Gasteiger partial charge in [0.05, 0.1) is 60.8 Å². The Morgan fingerprint density at radius 3 is 1.16 bits per heavy atom. The van der Waals surface area contributed by atoms with Crippen LogP contribution in [0.25, 0.3) is 0 Å². The Bertz CT molecular complexity index is 1750. The van der Waals surface area contributed by atoms with Crippen LogP contribution in [0, 0.1) is 27.3 Å². The first-order chi connectivity index (χ1) is 27.0. The summed E-state index contributed by atoms with van der Waals surface area (Å²) >= 11 is 10.8. The van der Waals surface area contributed by atoms with Crippen LogP contribution in [0.2, 0.25) is 0 Å². The van der Waals surface area contributed by atoms with Crippen molar-refractivity contribution in [2.75, 3.05) is 39.4 Å². The topological polar surface area (TPSA) is 319 Å². The first kappa shape index (κ1) is 53.5. The van der Waals surface area contributed by atoms with Crippen LogP contribution in [0.1, 0.15) is 55.3 Å². The number of rotatable bonds is 17. The molecule has 0 fully saturated rings. The van der Waals surface area contributed by atoms with Crippen molar-refractivity contribution in [3.8, 4) is 0 Å². The third-order valence-corrected chi connectivity index (χ3v) is 13.2. The number of aliphatic hydroxyl groups is 8. The van der Waals surface area contributed by atoms with Gasteiger partial charge in [0.25, 0.3) is 35.4 Å². The quantitative estimate of drug-likeness (QED) is 0.0504. The molecule has 322 valence electrons. The number of nitrogens with one attached hydrogen (secondary N) is 4. The van der Waals surface area contributed by atoms with Crippen LogP contribution in [0.15, 0.2) is 12.1 Å². The number of hydrogen-bond donors (Lipinski definition) is 12. The van der Waals surface area contributed by atoms with Crippen LogP contribution >= 0.6 is 136 Å². The van der Waals surface area contributed by atoms with Gasteiger partial charge in [-0.3, -0.25) is 39.6 Å². The van der Waals surface area contributed by atoms with Gasteiger partial charge in [-0.25, -0.2) is 10.0 Å². The largest absolute Gasteiger partial charge is 0.394 e. The second-order valence-electron chi connectivity index (χ2n) is 12.2. The van der Waals surface area contributed by atoms with Gasteiger partial charge in [-0.1, -0.05) is 0 Å². The Labute approximate surface area is 412 Å². The predicted octanol–water partition coefficient (Wildman–Crippen LogP) is -1.18. The average Bonchev–Trinajstić information content (AvgIpc) is 3.13. The van der Waals surface area contributed by atoms with E-state index in [9.17, 15) is 59.4 Å². The fourth-order valence-corrected chi connectivity index (χ4v) is 13.2. The third-order valence-electron chi connectivity index (χ3n) is 7.64. The summed E-state index contributed by atoms with van der Waals surface area (Å²) in [6, 6.07) is 2.95. The molecule has 58 heavy (non-hydrogen) atoms. The van der Waals surface area contributed by atoms with E-state index in [1.165, 1.54) is 12.1 Å². The summed E-state index contributed by atoms with van der Waals surface area (Å²) in [5.74, 6) is -7.32. The highest BCUT2D eigenvalue weighted by Gasteiger charge is 2.35. The lowest BCUT2D eigenvalue weighted by Crippen LogP contribution is -2.57. The van der Waals surface area contributed by atoms with E-state index in [1.54, 1.807) is 45.2 Å². The molecule has 0 bridgehead atoms. The molecule has 12 N–H and O–H groups in total. The van der Waals surface area contributed by atoms with E-state index in [0.29, 0.717) is 17.2 Å². The van der Waals surface area contributed by atoms with Gasteiger partial charge in [-0.2, -0.15) is 0 Å². The van der Waals surface area contributed by atoms with E-state index in [4.69, 9.17) is 10.2 Å². The Balaban J connectivity index is 2.71. The number of carbonyl (C=O) groups is 6. The van der Waals surface area contributed by atoms with Crippen LogP contribution in [0.3, 0.4) is 0 Å². The fraction of sp³-hybridized carbons (Fsp3) is 0.438. The van der Waals surface area contributed by atoms with Crippen LogP contribution in [-0.4, -0.2) is 156 Å². The van der Waals surface area contributed by atoms with Crippen LogP contribution in [0.5, 0.6) is 0 Å². The molecule has 0 aliphatic heterocycles. The molecule has 4 unspecified atom stereocenters. The minimum Gasteiger partial charge on any atom is -0.394 e. The number of hydrazine groups is 2. The van der Waals surface area contributed by atoms with Gasteiger partial charge in [-0.15, -0.1) is 0 Å². The zero-order chi connectivity index (χ0) is 44.3. The van der Waals surface area contributed by atoms with E-state index in [2.05, 4.69) is 21.5 Å². The lowest BCUT2D eigenvalue weighted by Gasteiger charge is -2.33. The summed E-state index contributed by atoms with van der Waals surface area (Å²) in [6.45, 7) is -1.35. The Hall–Kier alpha value is -0.680. The highest BCUT2D eigenvalue weighted by molar-refractivity contribution is 14.1. The number of carbonyl (C=O) groups excluding carboxylic acids is 6. The van der Waals surface area contributed by atoms with Gasteiger partial charge in [0.2, 0.25) is 0 Å². The van der Waals surface area contributed by atoms with E-state index < -0.39 is 98.4 Å². The van der Waals surface area contributed by atoms with E-state index in [0.717, 1.165) is 13.8 Å².